The van der Waals surface area contributed by atoms with Crippen LogP contribution in [0, 0.1) is 0 Å². The summed E-state index contributed by atoms with van der Waals surface area (Å²) in [5.74, 6) is -0.643. The molecule has 2 aliphatic rings. The average molecular weight is 285 g/mol. The predicted molar refractivity (Wildman–Crippen MR) is 67.5 cm³/mol. The third-order valence-electron chi connectivity index (χ3n) is 3.68. The zero-order chi connectivity index (χ0) is 14.3. The molecule has 1 saturated heterocycles. The highest BCUT2D eigenvalue weighted by atomic mass is 19.4. The van der Waals surface area contributed by atoms with Gasteiger partial charge in [0.1, 0.15) is 6.17 Å². The maximum absolute atomic E-state index is 13.0. The fourth-order valence-corrected chi connectivity index (χ4v) is 2.79. The van der Waals surface area contributed by atoms with Crippen LogP contribution in [0.15, 0.2) is 18.2 Å². The highest BCUT2D eigenvalue weighted by molar-refractivity contribution is 6.03. The number of rotatable bonds is 0. The number of fused-ring (bicyclic) bond motifs is 3. The van der Waals surface area contributed by atoms with Crippen LogP contribution in [0.25, 0.3) is 0 Å². The molecule has 3 rings (SSSR count). The van der Waals surface area contributed by atoms with E-state index in [0.29, 0.717) is 25.2 Å². The lowest BCUT2D eigenvalue weighted by Gasteiger charge is -2.38. The summed E-state index contributed by atoms with van der Waals surface area (Å²) in [7, 11) is 0. The van der Waals surface area contributed by atoms with Gasteiger partial charge in [-0.25, -0.2) is 0 Å². The summed E-state index contributed by atoms with van der Waals surface area (Å²) in [4.78, 5) is 13.9. The number of carbonyl (C=O) groups is 1. The van der Waals surface area contributed by atoms with Gasteiger partial charge in [0.15, 0.2) is 0 Å². The molecule has 1 unspecified atom stereocenters. The van der Waals surface area contributed by atoms with Gasteiger partial charge < -0.3 is 15.5 Å². The van der Waals surface area contributed by atoms with Crippen molar-refractivity contribution in [2.24, 2.45) is 0 Å². The maximum atomic E-state index is 13.0. The third-order valence-corrected chi connectivity index (χ3v) is 3.68. The second-order valence-corrected chi connectivity index (χ2v) is 4.92. The monoisotopic (exact) mass is 285 g/mol. The topological polar surface area (TPSA) is 44.4 Å². The molecule has 20 heavy (non-hydrogen) atoms. The molecule has 0 saturated carbocycles. The van der Waals surface area contributed by atoms with Crippen LogP contribution in [-0.4, -0.2) is 31.7 Å². The van der Waals surface area contributed by atoms with Crippen molar-refractivity contribution in [3.8, 4) is 0 Å². The molecule has 0 radical (unpaired) electrons. The minimum Gasteiger partial charge on any atom is -0.349 e. The fourth-order valence-electron chi connectivity index (χ4n) is 2.79. The van der Waals surface area contributed by atoms with E-state index in [2.05, 4.69) is 10.6 Å². The van der Waals surface area contributed by atoms with Gasteiger partial charge in [0.2, 0.25) is 0 Å². The number of hydrogen-bond acceptors (Lipinski definition) is 3. The summed E-state index contributed by atoms with van der Waals surface area (Å²) in [6.45, 7) is 1.98. The number of amides is 1. The minimum absolute atomic E-state index is 0.242. The van der Waals surface area contributed by atoms with Gasteiger partial charge in [0.25, 0.3) is 5.91 Å². The number of alkyl halides is 3. The second kappa shape index (κ2) is 4.66. The van der Waals surface area contributed by atoms with E-state index in [1.807, 2.05) is 4.90 Å². The molecule has 1 atom stereocenters. The van der Waals surface area contributed by atoms with Gasteiger partial charge >= 0.3 is 6.18 Å². The normalized spacial score (nSPS) is 22.6. The van der Waals surface area contributed by atoms with Crippen molar-refractivity contribution >= 4 is 11.6 Å². The highest BCUT2D eigenvalue weighted by Gasteiger charge is 2.40. The highest BCUT2D eigenvalue weighted by Crippen LogP contribution is 2.38. The molecular weight excluding hydrogens is 271 g/mol. The number of nitrogens with zero attached hydrogens (tertiary/aromatic N) is 1. The SMILES string of the molecule is O=C1NC2CCNCCN2c2cccc(C(F)(F)F)c21. The van der Waals surface area contributed by atoms with Crippen molar-refractivity contribution in [3.63, 3.8) is 0 Å². The summed E-state index contributed by atoms with van der Waals surface area (Å²) in [5.41, 5.74) is -0.765. The van der Waals surface area contributed by atoms with Gasteiger partial charge in [0, 0.05) is 13.1 Å². The van der Waals surface area contributed by atoms with Gasteiger partial charge in [-0.1, -0.05) is 6.07 Å². The predicted octanol–water partition coefficient (Wildman–Crippen LogP) is 1.57. The molecule has 2 N–H and O–H groups in total. The van der Waals surface area contributed by atoms with Gasteiger partial charge in [-0.15, -0.1) is 0 Å². The fraction of sp³-hybridized carbons (Fsp3) is 0.462. The van der Waals surface area contributed by atoms with E-state index < -0.39 is 17.6 Å². The maximum Gasteiger partial charge on any atom is 0.417 e. The van der Waals surface area contributed by atoms with E-state index in [-0.39, 0.29) is 11.7 Å². The number of carbonyl (C=O) groups excluding carboxylic acids is 1. The number of benzene rings is 1. The van der Waals surface area contributed by atoms with Gasteiger partial charge in [-0.05, 0) is 25.1 Å². The van der Waals surface area contributed by atoms with Gasteiger partial charge in [-0.2, -0.15) is 13.2 Å². The molecule has 108 valence electrons. The molecule has 4 nitrogen and oxygen atoms in total. The first-order chi connectivity index (χ1) is 9.48. The molecular formula is C13H14F3N3O. The van der Waals surface area contributed by atoms with Crippen molar-refractivity contribution in [1.82, 2.24) is 10.6 Å². The lowest BCUT2D eigenvalue weighted by Crippen LogP contribution is -2.53. The van der Waals surface area contributed by atoms with Crippen LogP contribution < -0.4 is 15.5 Å². The molecule has 0 spiro atoms. The van der Waals surface area contributed by atoms with E-state index in [9.17, 15) is 18.0 Å². The molecule has 1 fully saturated rings. The Morgan fingerprint density at radius 2 is 2.05 bits per heavy atom. The molecule has 0 aromatic heterocycles. The van der Waals surface area contributed by atoms with Crippen LogP contribution in [-0.2, 0) is 6.18 Å². The van der Waals surface area contributed by atoms with Crippen molar-refractivity contribution < 1.29 is 18.0 Å². The standard InChI is InChI=1S/C13H14F3N3O/c14-13(15,16)8-2-1-3-9-11(8)12(20)18-10-4-5-17-6-7-19(9)10/h1-3,10,17H,4-7H2,(H,18,20). The van der Waals surface area contributed by atoms with E-state index in [1.54, 1.807) is 6.07 Å². The van der Waals surface area contributed by atoms with Crippen LogP contribution in [0.2, 0.25) is 0 Å². The van der Waals surface area contributed by atoms with Crippen LogP contribution >= 0.6 is 0 Å². The smallest absolute Gasteiger partial charge is 0.349 e. The molecule has 2 heterocycles. The van der Waals surface area contributed by atoms with Crippen LogP contribution in [0.1, 0.15) is 22.3 Å². The molecule has 0 bridgehead atoms. The lowest BCUT2D eigenvalue weighted by molar-refractivity contribution is -0.137. The molecule has 1 amide bonds. The summed E-state index contributed by atoms with van der Waals surface area (Å²) in [6.07, 6.45) is -4.10. The van der Waals surface area contributed by atoms with Crippen molar-refractivity contribution in [2.45, 2.75) is 18.8 Å². The van der Waals surface area contributed by atoms with E-state index in [4.69, 9.17) is 0 Å². The summed E-state index contributed by atoms with van der Waals surface area (Å²) >= 11 is 0. The number of halogens is 3. The number of hydrogen-bond donors (Lipinski definition) is 2. The zero-order valence-electron chi connectivity index (χ0n) is 10.6. The molecule has 0 aliphatic carbocycles. The summed E-state index contributed by atoms with van der Waals surface area (Å²) in [5, 5.41) is 5.85. The lowest BCUT2D eigenvalue weighted by atomic mass is 9.99. The summed E-state index contributed by atoms with van der Waals surface area (Å²) in [6, 6.07) is 3.89. The Hall–Kier alpha value is -1.76. The third kappa shape index (κ3) is 2.11. The Morgan fingerprint density at radius 1 is 1.25 bits per heavy atom. The van der Waals surface area contributed by atoms with Crippen molar-refractivity contribution in [3.05, 3.63) is 29.3 Å². The largest absolute Gasteiger partial charge is 0.417 e. The quantitative estimate of drug-likeness (QED) is 0.760. The number of anilines is 1. The van der Waals surface area contributed by atoms with Gasteiger partial charge in [0.05, 0.1) is 16.8 Å². The molecule has 1 aromatic rings. The molecule has 7 heteroatoms. The van der Waals surface area contributed by atoms with Crippen molar-refractivity contribution in [2.75, 3.05) is 24.5 Å². The Labute approximate surface area is 113 Å². The first-order valence-electron chi connectivity index (χ1n) is 6.47. The number of nitrogens with one attached hydrogen (secondary N) is 2. The van der Waals surface area contributed by atoms with Crippen LogP contribution in [0.4, 0.5) is 18.9 Å². The minimum atomic E-state index is -4.53. The molecule has 2 aliphatic heterocycles. The van der Waals surface area contributed by atoms with E-state index in [0.717, 1.165) is 12.6 Å². The van der Waals surface area contributed by atoms with Gasteiger partial charge in [-0.3, -0.25) is 4.79 Å². The Bertz CT molecular complexity index is 544. The van der Waals surface area contributed by atoms with E-state index >= 15 is 0 Å². The Morgan fingerprint density at radius 3 is 2.80 bits per heavy atom. The van der Waals surface area contributed by atoms with Crippen LogP contribution in [0.5, 0.6) is 0 Å². The van der Waals surface area contributed by atoms with Crippen LogP contribution in [0.3, 0.4) is 0 Å². The zero-order valence-corrected chi connectivity index (χ0v) is 10.6. The Balaban J connectivity index is 2.12. The van der Waals surface area contributed by atoms with Crippen molar-refractivity contribution in [1.29, 1.82) is 0 Å². The second-order valence-electron chi connectivity index (χ2n) is 4.92. The average Bonchev–Trinajstić information content (AvgIpc) is 2.62. The first kappa shape index (κ1) is 13.2. The molecule has 1 aromatic carbocycles. The first-order valence-corrected chi connectivity index (χ1v) is 6.47. The Kier molecular flexibility index (Phi) is 3.08. The summed E-state index contributed by atoms with van der Waals surface area (Å²) < 4.78 is 39.1. The van der Waals surface area contributed by atoms with E-state index in [1.165, 1.54) is 6.07 Å².